The molecule has 1 aromatic carbocycles. The lowest BCUT2D eigenvalue weighted by atomic mass is 10.2. The van der Waals surface area contributed by atoms with Gasteiger partial charge in [-0.2, -0.15) is 0 Å². The highest BCUT2D eigenvalue weighted by Gasteiger charge is 2.10. The molecular formula is C14H14N4O2. The summed E-state index contributed by atoms with van der Waals surface area (Å²) >= 11 is 0. The standard InChI is InChI=1S/C14H14N4O2/c1-19-11-5-3-9(7-12(11)20-2)14-16-13-6-4-10(15)8-18(13)17-14/h3-8H,15H2,1-2H3. The first-order valence-electron chi connectivity index (χ1n) is 6.05. The van der Waals surface area contributed by atoms with Crippen LogP contribution in [0, 0.1) is 0 Å². The number of nitrogens with zero attached hydrogens (tertiary/aromatic N) is 3. The smallest absolute Gasteiger partial charge is 0.182 e. The number of methoxy groups -OCH3 is 2. The van der Waals surface area contributed by atoms with E-state index in [-0.39, 0.29) is 0 Å². The Bertz CT molecular complexity index is 767. The van der Waals surface area contributed by atoms with E-state index in [0.29, 0.717) is 23.0 Å². The van der Waals surface area contributed by atoms with Gasteiger partial charge in [0, 0.05) is 5.56 Å². The summed E-state index contributed by atoms with van der Waals surface area (Å²) < 4.78 is 12.2. The van der Waals surface area contributed by atoms with Crippen LogP contribution in [0.15, 0.2) is 36.5 Å². The summed E-state index contributed by atoms with van der Waals surface area (Å²) in [6.07, 6.45) is 1.73. The first-order valence-corrected chi connectivity index (χ1v) is 6.05. The number of benzene rings is 1. The maximum Gasteiger partial charge on any atom is 0.182 e. The van der Waals surface area contributed by atoms with E-state index < -0.39 is 0 Å². The SMILES string of the molecule is COc1ccc(-c2nc3ccc(N)cn3n2)cc1OC. The van der Waals surface area contributed by atoms with Crippen molar-refractivity contribution in [2.24, 2.45) is 0 Å². The van der Waals surface area contributed by atoms with Crippen LogP contribution in [0.1, 0.15) is 0 Å². The molecule has 3 rings (SSSR count). The van der Waals surface area contributed by atoms with E-state index in [1.54, 1.807) is 31.0 Å². The molecule has 0 atom stereocenters. The third-order valence-corrected chi connectivity index (χ3v) is 3.00. The van der Waals surface area contributed by atoms with Crippen LogP contribution >= 0.6 is 0 Å². The highest BCUT2D eigenvalue weighted by atomic mass is 16.5. The molecule has 0 aliphatic carbocycles. The van der Waals surface area contributed by atoms with Gasteiger partial charge in [-0.3, -0.25) is 0 Å². The molecule has 2 heterocycles. The molecule has 2 N–H and O–H groups in total. The van der Waals surface area contributed by atoms with Crippen molar-refractivity contribution < 1.29 is 9.47 Å². The van der Waals surface area contributed by atoms with Gasteiger partial charge < -0.3 is 15.2 Å². The zero-order valence-electron chi connectivity index (χ0n) is 11.2. The molecule has 3 aromatic rings. The van der Waals surface area contributed by atoms with Gasteiger partial charge in [0.05, 0.1) is 26.1 Å². The summed E-state index contributed by atoms with van der Waals surface area (Å²) in [5.74, 6) is 1.92. The van der Waals surface area contributed by atoms with Crippen LogP contribution in [0.3, 0.4) is 0 Å². The van der Waals surface area contributed by atoms with Crippen molar-refractivity contribution in [1.29, 1.82) is 0 Å². The predicted octanol–water partition coefficient (Wildman–Crippen LogP) is 2.00. The quantitative estimate of drug-likeness (QED) is 0.787. The van der Waals surface area contributed by atoms with Crippen LogP contribution in [-0.2, 0) is 0 Å². The second-order valence-corrected chi connectivity index (χ2v) is 4.27. The molecule has 6 nitrogen and oxygen atoms in total. The Labute approximate surface area is 115 Å². The van der Waals surface area contributed by atoms with E-state index in [2.05, 4.69) is 10.1 Å². The monoisotopic (exact) mass is 270 g/mol. The van der Waals surface area contributed by atoms with Crippen LogP contribution < -0.4 is 15.2 Å². The van der Waals surface area contributed by atoms with Gasteiger partial charge in [0.1, 0.15) is 0 Å². The molecule has 20 heavy (non-hydrogen) atoms. The van der Waals surface area contributed by atoms with Crippen molar-refractivity contribution in [2.75, 3.05) is 20.0 Å². The minimum absolute atomic E-state index is 0.608. The third-order valence-electron chi connectivity index (χ3n) is 3.00. The highest BCUT2D eigenvalue weighted by molar-refractivity contribution is 5.63. The van der Waals surface area contributed by atoms with Gasteiger partial charge >= 0.3 is 0 Å². The first kappa shape index (κ1) is 12.3. The minimum Gasteiger partial charge on any atom is -0.493 e. The minimum atomic E-state index is 0.608. The van der Waals surface area contributed by atoms with Crippen molar-refractivity contribution >= 4 is 11.3 Å². The third kappa shape index (κ3) is 2.01. The zero-order valence-corrected chi connectivity index (χ0v) is 11.2. The average molecular weight is 270 g/mol. The van der Waals surface area contributed by atoms with Gasteiger partial charge in [-0.15, -0.1) is 5.10 Å². The zero-order chi connectivity index (χ0) is 14.1. The second kappa shape index (κ2) is 4.73. The maximum atomic E-state index is 5.73. The van der Waals surface area contributed by atoms with E-state index in [0.717, 1.165) is 11.2 Å². The molecule has 0 aliphatic heterocycles. The van der Waals surface area contributed by atoms with Gasteiger partial charge in [0.2, 0.25) is 0 Å². The molecule has 0 fully saturated rings. The lowest BCUT2D eigenvalue weighted by Gasteiger charge is -2.07. The number of hydrogen-bond acceptors (Lipinski definition) is 5. The van der Waals surface area contributed by atoms with Gasteiger partial charge in [-0.05, 0) is 30.3 Å². The lowest BCUT2D eigenvalue weighted by Crippen LogP contribution is -1.92. The summed E-state index contributed by atoms with van der Waals surface area (Å²) in [4.78, 5) is 4.45. The van der Waals surface area contributed by atoms with E-state index in [1.165, 1.54) is 0 Å². The molecule has 0 amide bonds. The maximum absolute atomic E-state index is 5.73. The fourth-order valence-electron chi connectivity index (χ4n) is 2.00. The summed E-state index contributed by atoms with van der Waals surface area (Å²) in [6, 6.07) is 9.18. The molecule has 6 heteroatoms. The fraction of sp³-hybridized carbons (Fsp3) is 0.143. The Morgan fingerprint density at radius 2 is 1.85 bits per heavy atom. The topological polar surface area (TPSA) is 74.7 Å². The van der Waals surface area contributed by atoms with E-state index >= 15 is 0 Å². The lowest BCUT2D eigenvalue weighted by molar-refractivity contribution is 0.355. The number of rotatable bonds is 3. The van der Waals surface area contributed by atoms with Crippen molar-refractivity contribution in [3.05, 3.63) is 36.5 Å². The van der Waals surface area contributed by atoms with Crippen molar-refractivity contribution in [1.82, 2.24) is 14.6 Å². The Balaban J connectivity index is 2.10. The molecular weight excluding hydrogens is 256 g/mol. The van der Waals surface area contributed by atoms with E-state index in [1.807, 2.05) is 24.3 Å². The van der Waals surface area contributed by atoms with Crippen molar-refractivity contribution in [3.63, 3.8) is 0 Å². The number of anilines is 1. The first-order chi connectivity index (χ1) is 9.71. The number of pyridine rings is 1. The molecule has 0 aliphatic rings. The number of fused-ring (bicyclic) bond motifs is 1. The second-order valence-electron chi connectivity index (χ2n) is 4.27. The highest BCUT2D eigenvalue weighted by Crippen LogP contribution is 2.31. The van der Waals surface area contributed by atoms with E-state index in [9.17, 15) is 0 Å². The Morgan fingerprint density at radius 3 is 2.60 bits per heavy atom. The molecule has 0 bridgehead atoms. The summed E-state index contributed by atoms with van der Waals surface area (Å²) in [5, 5.41) is 4.40. The molecule has 102 valence electrons. The van der Waals surface area contributed by atoms with Crippen LogP contribution in [0.2, 0.25) is 0 Å². The number of nitrogen functional groups attached to an aromatic ring is 1. The van der Waals surface area contributed by atoms with Crippen LogP contribution in [0.4, 0.5) is 5.69 Å². The van der Waals surface area contributed by atoms with Crippen LogP contribution in [0.25, 0.3) is 17.0 Å². The fourth-order valence-corrected chi connectivity index (χ4v) is 2.00. The molecule has 0 radical (unpaired) electrons. The summed E-state index contributed by atoms with van der Waals surface area (Å²) in [5.41, 5.74) is 7.96. The Morgan fingerprint density at radius 1 is 1.05 bits per heavy atom. The predicted molar refractivity (Wildman–Crippen MR) is 75.9 cm³/mol. The van der Waals surface area contributed by atoms with E-state index in [4.69, 9.17) is 15.2 Å². The number of ether oxygens (including phenoxy) is 2. The molecule has 2 aromatic heterocycles. The molecule has 0 unspecified atom stereocenters. The van der Waals surface area contributed by atoms with Crippen LogP contribution in [0.5, 0.6) is 11.5 Å². The normalized spacial score (nSPS) is 10.7. The Kier molecular flexibility index (Phi) is 2.90. The van der Waals surface area contributed by atoms with Crippen molar-refractivity contribution in [2.45, 2.75) is 0 Å². The summed E-state index contributed by atoms with van der Waals surface area (Å²) in [7, 11) is 3.20. The average Bonchev–Trinajstić information content (AvgIpc) is 2.89. The summed E-state index contributed by atoms with van der Waals surface area (Å²) in [6.45, 7) is 0. The largest absolute Gasteiger partial charge is 0.493 e. The number of hydrogen-bond donors (Lipinski definition) is 1. The Hall–Kier alpha value is -2.76. The van der Waals surface area contributed by atoms with Crippen molar-refractivity contribution in [3.8, 4) is 22.9 Å². The van der Waals surface area contributed by atoms with Gasteiger partial charge in [0.25, 0.3) is 0 Å². The van der Waals surface area contributed by atoms with Crippen LogP contribution in [-0.4, -0.2) is 28.8 Å². The number of aromatic nitrogens is 3. The molecule has 0 saturated carbocycles. The van der Waals surface area contributed by atoms with Gasteiger partial charge in [-0.1, -0.05) is 0 Å². The van der Waals surface area contributed by atoms with Gasteiger partial charge in [-0.25, -0.2) is 9.50 Å². The van der Waals surface area contributed by atoms with Gasteiger partial charge in [0.15, 0.2) is 23.0 Å². The number of nitrogens with two attached hydrogens (primary N) is 1. The molecule has 0 saturated heterocycles. The molecule has 0 spiro atoms.